The first-order chi connectivity index (χ1) is 10.0. The molecule has 0 fully saturated rings. The largest absolute Gasteiger partial charge is 0.398 e. The van der Waals surface area contributed by atoms with Crippen molar-refractivity contribution in [2.45, 2.75) is 33.1 Å². The molecule has 0 saturated heterocycles. The second kappa shape index (κ2) is 6.44. The molecule has 2 aromatic rings. The molecule has 3 nitrogen and oxygen atoms in total. The number of amides is 1. The van der Waals surface area contributed by atoms with E-state index in [0.717, 1.165) is 17.7 Å². The van der Waals surface area contributed by atoms with Crippen LogP contribution in [0, 0.1) is 6.92 Å². The van der Waals surface area contributed by atoms with Crippen LogP contribution in [-0.4, -0.2) is 5.91 Å². The summed E-state index contributed by atoms with van der Waals surface area (Å²) in [6.07, 6.45) is 1.10. The number of hydrogen-bond donors (Lipinski definition) is 2. The van der Waals surface area contributed by atoms with Crippen molar-refractivity contribution in [1.29, 1.82) is 0 Å². The average Bonchev–Trinajstić information content (AvgIpc) is 2.49. The van der Waals surface area contributed by atoms with Gasteiger partial charge in [0.1, 0.15) is 0 Å². The normalized spacial score (nSPS) is 12.0. The number of aryl methyl sites for hydroxylation is 1. The van der Waals surface area contributed by atoms with Gasteiger partial charge in [-0.3, -0.25) is 4.79 Å². The second-order valence-electron chi connectivity index (χ2n) is 5.48. The molecule has 3 heteroatoms. The number of anilines is 2. The Morgan fingerprint density at radius 3 is 2.48 bits per heavy atom. The maximum absolute atomic E-state index is 12.3. The average molecular weight is 282 g/mol. The first-order valence-corrected chi connectivity index (χ1v) is 7.28. The number of carbonyl (C=O) groups is 1. The van der Waals surface area contributed by atoms with Gasteiger partial charge in [0.05, 0.1) is 5.56 Å². The number of carbonyl (C=O) groups excluding carboxylic acids is 1. The fourth-order valence-corrected chi connectivity index (χ4v) is 2.20. The molecule has 2 aromatic carbocycles. The maximum Gasteiger partial charge on any atom is 0.257 e. The molecule has 110 valence electrons. The summed E-state index contributed by atoms with van der Waals surface area (Å²) >= 11 is 0. The fraction of sp³-hybridized carbons (Fsp3) is 0.278. The highest BCUT2D eigenvalue weighted by Crippen LogP contribution is 2.21. The standard InChI is InChI=1S/C18H22N2O/c1-4-13(3)14-6-8-15(9-7-14)20-18(21)16-11-12(2)5-10-17(16)19/h5-11,13H,4,19H2,1-3H3,(H,20,21). The number of benzene rings is 2. The number of nitrogen functional groups attached to an aromatic ring is 1. The van der Waals surface area contributed by atoms with Gasteiger partial charge in [0.25, 0.3) is 5.91 Å². The molecule has 2 rings (SSSR count). The molecule has 0 heterocycles. The Hall–Kier alpha value is -2.29. The van der Waals surface area contributed by atoms with Crippen LogP contribution in [0.25, 0.3) is 0 Å². The Labute approximate surface area is 126 Å². The van der Waals surface area contributed by atoms with Gasteiger partial charge in [0.2, 0.25) is 0 Å². The highest BCUT2D eigenvalue weighted by Gasteiger charge is 2.10. The summed E-state index contributed by atoms with van der Waals surface area (Å²) < 4.78 is 0. The van der Waals surface area contributed by atoms with Crippen LogP contribution in [0.15, 0.2) is 42.5 Å². The van der Waals surface area contributed by atoms with E-state index in [2.05, 4.69) is 31.3 Å². The monoisotopic (exact) mass is 282 g/mol. The minimum Gasteiger partial charge on any atom is -0.398 e. The van der Waals surface area contributed by atoms with Gasteiger partial charge in [-0.05, 0) is 49.1 Å². The smallest absolute Gasteiger partial charge is 0.257 e. The number of rotatable bonds is 4. The van der Waals surface area contributed by atoms with Gasteiger partial charge < -0.3 is 11.1 Å². The molecule has 0 aromatic heterocycles. The summed E-state index contributed by atoms with van der Waals surface area (Å²) in [7, 11) is 0. The molecule has 3 N–H and O–H groups in total. The van der Waals surface area contributed by atoms with Crippen LogP contribution in [0.4, 0.5) is 11.4 Å². The van der Waals surface area contributed by atoms with Gasteiger partial charge in [0.15, 0.2) is 0 Å². The predicted molar refractivity (Wildman–Crippen MR) is 88.7 cm³/mol. The number of nitrogens with one attached hydrogen (secondary N) is 1. The molecule has 0 bridgehead atoms. The van der Waals surface area contributed by atoms with E-state index in [-0.39, 0.29) is 5.91 Å². The minimum absolute atomic E-state index is 0.174. The molecule has 0 radical (unpaired) electrons. The Balaban J connectivity index is 2.14. The molecular formula is C18H22N2O. The minimum atomic E-state index is -0.174. The Bertz CT molecular complexity index is 632. The predicted octanol–water partition coefficient (Wildman–Crippen LogP) is 4.34. The van der Waals surface area contributed by atoms with Crippen LogP contribution in [0.1, 0.15) is 47.7 Å². The van der Waals surface area contributed by atoms with Gasteiger partial charge in [-0.1, -0.05) is 37.6 Å². The van der Waals surface area contributed by atoms with Crippen molar-refractivity contribution in [3.05, 3.63) is 59.2 Å². The van der Waals surface area contributed by atoms with E-state index in [9.17, 15) is 4.79 Å². The third-order valence-electron chi connectivity index (χ3n) is 3.80. The lowest BCUT2D eigenvalue weighted by Gasteiger charge is -2.11. The van der Waals surface area contributed by atoms with Crippen LogP contribution in [0.5, 0.6) is 0 Å². The topological polar surface area (TPSA) is 55.1 Å². The zero-order valence-electron chi connectivity index (χ0n) is 12.8. The second-order valence-corrected chi connectivity index (χ2v) is 5.48. The van der Waals surface area contributed by atoms with E-state index in [1.54, 1.807) is 12.1 Å². The highest BCUT2D eigenvalue weighted by molar-refractivity contribution is 6.07. The van der Waals surface area contributed by atoms with Crippen molar-refractivity contribution >= 4 is 17.3 Å². The van der Waals surface area contributed by atoms with Crippen molar-refractivity contribution in [3.63, 3.8) is 0 Å². The summed E-state index contributed by atoms with van der Waals surface area (Å²) in [4.78, 5) is 12.3. The van der Waals surface area contributed by atoms with Crippen LogP contribution < -0.4 is 11.1 Å². The van der Waals surface area contributed by atoms with Crippen LogP contribution in [0.2, 0.25) is 0 Å². The molecular weight excluding hydrogens is 260 g/mol. The molecule has 0 spiro atoms. The van der Waals surface area contributed by atoms with Crippen molar-refractivity contribution < 1.29 is 4.79 Å². The lowest BCUT2D eigenvalue weighted by Crippen LogP contribution is -2.14. The molecule has 0 saturated carbocycles. The Morgan fingerprint density at radius 2 is 1.86 bits per heavy atom. The first-order valence-electron chi connectivity index (χ1n) is 7.28. The fourth-order valence-electron chi connectivity index (χ4n) is 2.20. The van der Waals surface area contributed by atoms with Crippen LogP contribution in [-0.2, 0) is 0 Å². The molecule has 1 amide bonds. The molecule has 0 aliphatic heterocycles. The summed E-state index contributed by atoms with van der Waals surface area (Å²) in [6.45, 7) is 6.30. The molecule has 1 unspecified atom stereocenters. The summed E-state index contributed by atoms with van der Waals surface area (Å²) in [6, 6.07) is 13.4. The van der Waals surface area contributed by atoms with E-state index in [4.69, 9.17) is 5.73 Å². The zero-order chi connectivity index (χ0) is 15.4. The van der Waals surface area contributed by atoms with E-state index in [1.807, 2.05) is 25.1 Å². The van der Waals surface area contributed by atoms with Gasteiger partial charge in [-0.15, -0.1) is 0 Å². The lowest BCUT2D eigenvalue weighted by molar-refractivity contribution is 0.102. The van der Waals surface area contributed by atoms with E-state index >= 15 is 0 Å². The SMILES string of the molecule is CCC(C)c1ccc(NC(=O)c2cc(C)ccc2N)cc1. The van der Waals surface area contributed by atoms with E-state index in [0.29, 0.717) is 17.2 Å². The molecule has 1 atom stereocenters. The quantitative estimate of drug-likeness (QED) is 0.819. The Kier molecular flexibility index (Phi) is 4.63. The van der Waals surface area contributed by atoms with Crippen LogP contribution >= 0.6 is 0 Å². The van der Waals surface area contributed by atoms with E-state index < -0.39 is 0 Å². The molecule has 0 aliphatic carbocycles. The van der Waals surface area contributed by atoms with Crippen molar-refractivity contribution in [2.75, 3.05) is 11.1 Å². The van der Waals surface area contributed by atoms with Gasteiger partial charge in [-0.2, -0.15) is 0 Å². The number of hydrogen-bond acceptors (Lipinski definition) is 2. The van der Waals surface area contributed by atoms with Gasteiger partial charge in [0, 0.05) is 11.4 Å². The first kappa shape index (κ1) is 15.1. The lowest BCUT2D eigenvalue weighted by atomic mass is 9.98. The third-order valence-corrected chi connectivity index (χ3v) is 3.80. The number of nitrogens with two attached hydrogens (primary N) is 1. The Morgan fingerprint density at radius 1 is 1.19 bits per heavy atom. The van der Waals surface area contributed by atoms with Gasteiger partial charge in [-0.25, -0.2) is 0 Å². The van der Waals surface area contributed by atoms with Crippen molar-refractivity contribution in [1.82, 2.24) is 0 Å². The highest BCUT2D eigenvalue weighted by atomic mass is 16.1. The summed E-state index contributed by atoms with van der Waals surface area (Å²) in [5, 5.41) is 2.89. The summed E-state index contributed by atoms with van der Waals surface area (Å²) in [5.74, 6) is 0.356. The molecule has 21 heavy (non-hydrogen) atoms. The van der Waals surface area contributed by atoms with Crippen molar-refractivity contribution in [2.24, 2.45) is 0 Å². The third kappa shape index (κ3) is 3.63. The van der Waals surface area contributed by atoms with E-state index in [1.165, 1.54) is 5.56 Å². The summed E-state index contributed by atoms with van der Waals surface area (Å²) in [5.41, 5.74) is 9.96. The molecule has 0 aliphatic rings. The van der Waals surface area contributed by atoms with Crippen molar-refractivity contribution in [3.8, 4) is 0 Å². The van der Waals surface area contributed by atoms with Gasteiger partial charge >= 0.3 is 0 Å². The zero-order valence-corrected chi connectivity index (χ0v) is 12.8. The van der Waals surface area contributed by atoms with Crippen LogP contribution in [0.3, 0.4) is 0 Å². The maximum atomic E-state index is 12.3.